The van der Waals surface area contributed by atoms with Gasteiger partial charge in [-0.05, 0) is 41.9 Å². The highest BCUT2D eigenvalue weighted by Gasteiger charge is 2.33. The van der Waals surface area contributed by atoms with Crippen LogP contribution < -0.4 is 4.74 Å². The normalized spacial score (nSPS) is 15.4. The Labute approximate surface area is 219 Å². The molecular weight excluding hydrogens is 464 g/mol. The fourth-order valence-electron chi connectivity index (χ4n) is 5.15. The molecule has 0 unspecified atom stereocenters. The quantitative estimate of drug-likeness (QED) is 0.431. The molecule has 0 radical (unpaired) electrons. The second kappa shape index (κ2) is 10.4. The highest BCUT2D eigenvalue weighted by molar-refractivity contribution is 5.99. The number of nitrogens with zero attached hydrogens (tertiary/aromatic N) is 4. The summed E-state index contributed by atoms with van der Waals surface area (Å²) in [7, 11) is 3.60. The van der Waals surface area contributed by atoms with Gasteiger partial charge in [0.1, 0.15) is 11.4 Å². The van der Waals surface area contributed by atoms with Crippen LogP contribution in [-0.2, 0) is 18.3 Å². The molecule has 4 rings (SSSR count). The summed E-state index contributed by atoms with van der Waals surface area (Å²) in [5.41, 5.74) is 3.58. The van der Waals surface area contributed by atoms with Gasteiger partial charge in [-0.25, -0.2) is 4.98 Å². The number of carbonyl (C=O) groups is 2. The third-order valence-corrected chi connectivity index (χ3v) is 7.83. The zero-order chi connectivity index (χ0) is 26.9. The molecule has 0 saturated carbocycles. The summed E-state index contributed by atoms with van der Waals surface area (Å²) >= 11 is 0. The molecule has 0 bridgehead atoms. The van der Waals surface area contributed by atoms with E-state index in [1.807, 2.05) is 23.4 Å². The van der Waals surface area contributed by atoms with Gasteiger partial charge in [0, 0.05) is 56.0 Å². The second-order valence-corrected chi connectivity index (χ2v) is 11.2. The standard InChI is InChI=1S/C30H36N4O3/c1-19(30(2,3)4)29(36)34-12-10-21(11-13-34)24-18-33(5)28-26(24)27(37-6)23(17-32-28)15-25(35)22-9-7-8-20(14-22)16-31/h7-9,14,17-19,21H,10-13,15H2,1-6H3/t19-/m0/s1. The van der Waals surface area contributed by atoms with Crippen LogP contribution in [0.5, 0.6) is 5.75 Å². The average Bonchev–Trinajstić information content (AvgIpc) is 3.23. The number of likely N-dealkylation sites (tertiary alicyclic amines) is 1. The number of ketones is 1. The predicted molar refractivity (Wildman–Crippen MR) is 144 cm³/mol. The minimum atomic E-state index is -0.0891. The van der Waals surface area contributed by atoms with Crippen LogP contribution >= 0.6 is 0 Å². The van der Waals surface area contributed by atoms with E-state index in [4.69, 9.17) is 9.72 Å². The fraction of sp³-hybridized carbons (Fsp3) is 0.467. The number of amides is 1. The van der Waals surface area contributed by atoms with Gasteiger partial charge in [0.2, 0.25) is 5.91 Å². The van der Waals surface area contributed by atoms with E-state index in [1.54, 1.807) is 37.6 Å². The number of rotatable bonds is 6. The number of aromatic nitrogens is 2. The number of pyridine rings is 1. The molecule has 3 aromatic rings. The van der Waals surface area contributed by atoms with Gasteiger partial charge in [0.05, 0.1) is 24.1 Å². The predicted octanol–water partition coefficient (Wildman–Crippen LogP) is 5.27. The molecule has 1 fully saturated rings. The van der Waals surface area contributed by atoms with Gasteiger partial charge in [-0.1, -0.05) is 39.8 Å². The number of benzene rings is 1. The molecule has 1 saturated heterocycles. The van der Waals surface area contributed by atoms with Crippen LogP contribution in [0.3, 0.4) is 0 Å². The molecule has 7 heteroatoms. The molecule has 3 heterocycles. The molecule has 0 spiro atoms. The molecule has 1 aliphatic heterocycles. The second-order valence-electron chi connectivity index (χ2n) is 11.2. The van der Waals surface area contributed by atoms with Crippen LogP contribution in [0, 0.1) is 22.7 Å². The summed E-state index contributed by atoms with van der Waals surface area (Å²) in [6, 6.07) is 8.83. The zero-order valence-electron chi connectivity index (χ0n) is 22.7. The maximum absolute atomic E-state index is 13.1. The van der Waals surface area contributed by atoms with E-state index < -0.39 is 0 Å². The van der Waals surface area contributed by atoms with Crippen molar-refractivity contribution in [1.29, 1.82) is 5.26 Å². The number of aryl methyl sites for hydroxylation is 1. The molecule has 0 aliphatic carbocycles. The molecule has 7 nitrogen and oxygen atoms in total. The molecule has 1 amide bonds. The summed E-state index contributed by atoms with van der Waals surface area (Å²) in [6.07, 6.45) is 5.70. The van der Waals surface area contributed by atoms with Crippen LogP contribution in [0.15, 0.2) is 36.7 Å². The maximum Gasteiger partial charge on any atom is 0.225 e. The number of carbonyl (C=O) groups excluding carboxylic acids is 2. The first-order valence-electron chi connectivity index (χ1n) is 12.9. The first-order valence-corrected chi connectivity index (χ1v) is 12.9. The first kappa shape index (κ1) is 26.4. The van der Waals surface area contributed by atoms with Gasteiger partial charge in [-0.3, -0.25) is 9.59 Å². The SMILES string of the molecule is COc1c(CC(=O)c2cccc(C#N)c2)cnc2c1c(C1CCN(C(=O)[C@H](C)C(C)(C)C)CC1)cn2C. The third-order valence-electron chi connectivity index (χ3n) is 7.83. The van der Waals surface area contributed by atoms with Crippen LogP contribution in [0.4, 0.5) is 0 Å². The van der Waals surface area contributed by atoms with Gasteiger partial charge >= 0.3 is 0 Å². The van der Waals surface area contributed by atoms with Crippen molar-refractivity contribution in [2.75, 3.05) is 20.2 Å². The maximum atomic E-state index is 13.1. The monoisotopic (exact) mass is 500 g/mol. The van der Waals surface area contributed by atoms with E-state index in [0.717, 1.165) is 48.1 Å². The van der Waals surface area contributed by atoms with Crippen molar-refractivity contribution in [3.63, 3.8) is 0 Å². The Morgan fingerprint density at radius 2 is 1.95 bits per heavy atom. The van der Waals surface area contributed by atoms with Crippen molar-refractivity contribution in [2.45, 2.75) is 52.9 Å². The van der Waals surface area contributed by atoms with E-state index in [0.29, 0.717) is 16.9 Å². The highest BCUT2D eigenvalue weighted by Crippen LogP contribution is 2.40. The van der Waals surface area contributed by atoms with Crippen LogP contribution in [0.1, 0.15) is 73.5 Å². The molecule has 194 valence electrons. The Hall–Kier alpha value is -3.66. The van der Waals surface area contributed by atoms with Gasteiger partial charge in [0.15, 0.2) is 5.78 Å². The van der Waals surface area contributed by atoms with Gasteiger partial charge in [-0.2, -0.15) is 5.26 Å². The lowest BCUT2D eigenvalue weighted by Crippen LogP contribution is -2.43. The Bertz CT molecular complexity index is 1370. The number of piperidine rings is 1. The summed E-state index contributed by atoms with van der Waals surface area (Å²) in [5.74, 6) is 1.05. The molecule has 1 atom stereocenters. The summed E-state index contributed by atoms with van der Waals surface area (Å²) < 4.78 is 7.90. The summed E-state index contributed by atoms with van der Waals surface area (Å²) in [6.45, 7) is 9.81. The lowest BCUT2D eigenvalue weighted by molar-refractivity contribution is -0.139. The number of methoxy groups -OCH3 is 1. The number of Topliss-reactive ketones (excluding diaryl/α,β-unsaturated/α-hetero) is 1. The summed E-state index contributed by atoms with van der Waals surface area (Å²) in [5, 5.41) is 10.1. The molecule has 1 aliphatic rings. The Balaban J connectivity index is 1.61. The number of ether oxygens (including phenoxy) is 1. The lowest BCUT2D eigenvalue weighted by Gasteiger charge is -2.36. The zero-order valence-corrected chi connectivity index (χ0v) is 22.7. The van der Waals surface area contributed by atoms with Crippen molar-refractivity contribution in [3.8, 4) is 11.8 Å². The number of hydrogen-bond donors (Lipinski definition) is 0. The Morgan fingerprint density at radius 3 is 2.57 bits per heavy atom. The van der Waals surface area contributed by atoms with E-state index in [9.17, 15) is 14.9 Å². The van der Waals surface area contributed by atoms with E-state index in [2.05, 4.69) is 33.0 Å². The number of hydrogen-bond acceptors (Lipinski definition) is 5. The third kappa shape index (κ3) is 5.24. The van der Waals surface area contributed by atoms with Crippen LogP contribution in [0.25, 0.3) is 11.0 Å². The van der Waals surface area contributed by atoms with Gasteiger partial charge in [-0.15, -0.1) is 0 Å². The molecule has 1 aromatic carbocycles. The Kier molecular flexibility index (Phi) is 7.40. The average molecular weight is 501 g/mol. The van der Waals surface area contributed by atoms with E-state index >= 15 is 0 Å². The van der Waals surface area contributed by atoms with Gasteiger partial charge in [0.25, 0.3) is 0 Å². The van der Waals surface area contributed by atoms with Crippen LogP contribution in [0.2, 0.25) is 0 Å². The van der Waals surface area contributed by atoms with Crippen molar-refractivity contribution >= 4 is 22.7 Å². The minimum Gasteiger partial charge on any atom is -0.496 e. The van der Waals surface area contributed by atoms with Crippen molar-refractivity contribution in [1.82, 2.24) is 14.5 Å². The smallest absolute Gasteiger partial charge is 0.225 e. The van der Waals surface area contributed by atoms with Crippen molar-refractivity contribution < 1.29 is 14.3 Å². The van der Waals surface area contributed by atoms with E-state index in [1.165, 1.54) is 0 Å². The summed E-state index contributed by atoms with van der Waals surface area (Å²) in [4.78, 5) is 32.8. The first-order chi connectivity index (χ1) is 17.5. The highest BCUT2D eigenvalue weighted by atomic mass is 16.5. The molecule has 2 aromatic heterocycles. The van der Waals surface area contributed by atoms with Crippen molar-refractivity contribution in [2.24, 2.45) is 18.4 Å². The molecule has 0 N–H and O–H groups in total. The van der Waals surface area contributed by atoms with Crippen molar-refractivity contribution in [3.05, 3.63) is 58.9 Å². The van der Waals surface area contributed by atoms with Gasteiger partial charge < -0.3 is 14.2 Å². The Morgan fingerprint density at radius 1 is 1.24 bits per heavy atom. The fourth-order valence-corrected chi connectivity index (χ4v) is 5.15. The lowest BCUT2D eigenvalue weighted by atomic mass is 9.80. The largest absolute Gasteiger partial charge is 0.496 e. The number of nitriles is 1. The molecule has 37 heavy (non-hydrogen) atoms. The number of fused-ring (bicyclic) bond motifs is 1. The minimum absolute atomic E-state index is 0.0279. The van der Waals surface area contributed by atoms with Crippen LogP contribution in [-0.4, -0.2) is 46.3 Å². The topological polar surface area (TPSA) is 88.2 Å². The van der Waals surface area contributed by atoms with E-state index in [-0.39, 0.29) is 35.4 Å². The molecular formula is C30H36N4O3.